The van der Waals surface area contributed by atoms with Crippen molar-refractivity contribution in [3.63, 3.8) is 0 Å². The quantitative estimate of drug-likeness (QED) is 0.385. The lowest BCUT2D eigenvalue weighted by atomic mass is 9.83. The van der Waals surface area contributed by atoms with Crippen LogP contribution in [0.4, 0.5) is 0 Å². The Hall–Kier alpha value is -3.53. The van der Waals surface area contributed by atoms with Crippen LogP contribution in [0.1, 0.15) is 53.2 Å². The zero-order valence-corrected chi connectivity index (χ0v) is 18.7. The van der Waals surface area contributed by atoms with E-state index in [4.69, 9.17) is 4.98 Å². The van der Waals surface area contributed by atoms with Gasteiger partial charge in [-0.3, -0.25) is 9.78 Å². The highest BCUT2D eigenvalue weighted by Gasteiger charge is 2.38. The Kier molecular flexibility index (Phi) is 5.14. The number of pyridine rings is 2. The highest BCUT2D eigenvalue weighted by atomic mass is 16.2. The van der Waals surface area contributed by atoms with Gasteiger partial charge in [-0.15, -0.1) is 0 Å². The zero-order chi connectivity index (χ0) is 22.2. The summed E-state index contributed by atoms with van der Waals surface area (Å²) in [6.45, 7) is 0.752. The van der Waals surface area contributed by atoms with E-state index in [0.717, 1.165) is 35.1 Å². The number of amides is 1. The highest BCUT2D eigenvalue weighted by molar-refractivity contribution is 6.07. The predicted octanol–water partition coefficient (Wildman–Crippen LogP) is 6.23. The Bertz CT molecular complexity index is 1310. The minimum Gasteiger partial charge on any atom is -0.331 e. The molecule has 4 aromatic rings. The van der Waals surface area contributed by atoms with Crippen molar-refractivity contribution >= 4 is 16.8 Å². The molecule has 164 valence electrons. The lowest BCUT2D eigenvalue weighted by molar-refractivity contribution is 0.0585. The van der Waals surface area contributed by atoms with E-state index in [1.54, 1.807) is 12.4 Å². The second kappa shape index (κ2) is 8.43. The van der Waals surface area contributed by atoms with Gasteiger partial charge in [0.1, 0.15) is 0 Å². The summed E-state index contributed by atoms with van der Waals surface area (Å²) in [4.78, 5) is 25.6. The first-order chi connectivity index (χ1) is 16.3. The largest absolute Gasteiger partial charge is 0.331 e. The number of carbonyl (C=O) groups is 1. The number of rotatable bonds is 3. The van der Waals surface area contributed by atoms with Crippen molar-refractivity contribution in [1.29, 1.82) is 0 Å². The van der Waals surface area contributed by atoms with E-state index in [9.17, 15) is 4.79 Å². The van der Waals surface area contributed by atoms with Crippen LogP contribution in [0.25, 0.3) is 22.2 Å². The third kappa shape index (κ3) is 3.60. The molecule has 1 atom stereocenters. The average molecular weight is 434 g/mol. The number of fused-ring (bicyclic) bond motifs is 2. The van der Waals surface area contributed by atoms with Gasteiger partial charge in [0.05, 0.1) is 22.8 Å². The maximum Gasteiger partial charge on any atom is 0.255 e. The van der Waals surface area contributed by atoms with Crippen molar-refractivity contribution < 1.29 is 4.79 Å². The van der Waals surface area contributed by atoms with Crippen LogP contribution in [0.5, 0.6) is 0 Å². The van der Waals surface area contributed by atoms with E-state index in [2.05, 4.69) is 34.1 Å². The van der Waals surface area contributed by atoms with Crippen LogP contribution in [0.15, 0.2) is 79.1 Å². The molecule has 1 fully saturated rings. The second-order valence-corrected chi connectivity index (χ2v) is 9.25. The fourth-order valence-electron chi connectivity index (χ4n) is 5.76. The van der Waals surface area contributed by atoms with Crippen molar-refractivity contribution in [3.8, 4) is 11.3 Å². The summed E-state index contributed by atoms with van der Waals surface area (Å²) in [6.07, 6.45) is 9.33. The normalized spacial score (nSPS) is 18.4. The van der Waals surface area contributed by atoms with Crippen molar-refractivity contribution in [3.05, 3.63) is 95.8 Å². The molecule has 1 amide bonds. The number of benzene rings is 2. The van der Waals surface area contributed by atoms with Gasteiger partial charge in [-0.25, -0.2) is 4.98 Å². The van der Waals surface area contributed by atoms with Gasteiger partial charge in [0.25, 0.3) is 5.91 Å². The Labute approximate surface area is 194 Å². The molecular formula is C29H27N3O. The number of aromatic nitrogens is 2. The molecule has 2 aromatic carbocycles. The first-order valence-electron chi connectivity index (χ1n) is 12.0. The fourth-order valence-corrected chi connectivity index (χ4v) is 5.76. The molecule has 1 saturated carbocycles. The molecule has 0 bridgehead atoms. The zero-order valence-electron chi connectivity index (χ0n) is 18.7. The molecule has 0 saturated heterocycles. The molecule has 4 heteroatoms. The van der Waals surface area contributed by atoms with Crippen molar-refractivity contribution in [2.24, 2.45) is 5.92 Å². The smallest absolute Gasteiger partial charge is 0.255 e. The minimum atomic E-state index is 0.0963. The van der Waals surface area contributed by atoms with Crippen molar-refractivity contribution in [2.45, 2.75) is 38.1 Å². The summed E-state index contributed by atoms with van der Waals surface area (Å²) in [5.74, 6) is 0.620. The Balaban J connectivity index is 1.48. The number of hydrogen-bond donors (Lipinski definition) is 0. The van der Waals surface area contributed by atoms with Gasteiger partial charge >= 0.3 is 0 Å². The molecule has 2 aromatic heterocycles. The van der Waals surface area contributed by atoms with Crippen LogP contribution in [-0.4, -0.2) is 27.3 Å². The maximum atomic E-state index is 14.2. The monoisotopic (exact) mass is 433 g/mol. The average Bonchev–Trinajstić information content (AvgIpc) is 3.42. The van der Waals surface area contributed by atoms with Gasteiger partial charge in [-0.1, -0.05) is 67.4 Å². The van der Waals surface area contributed by atoms with Gasteiger partial charge in [0, 0.05) is 29.9 Å². The molecule has 0 spiro atoms. The fraction of sp³-hybridized carbons (Fsp3) is 0.276. The molecule has 0 radical (unpaired) electrons. The second-order valence-electron chi connectivity index (χ2n) is 9.25. The topological polar surface area (TPSA) is 46.1 Å². The maximum absolute atomic E-state index is 14.2. The Morgan fingerprint density at radius 2 is 1.73 bits per heavy atom. The summed E-state index contributed by atoms with van der Waals surface area (Å²) in [7, 11) is 0. The molecule has 33 heavy (non-hydrogen) atoms. The molecule has 1 aliphatic carbocycles. The Morgan fingerprint density at radius 1 is 0.939 bits per heavy atom. The molecule has 4 nitrogen and oxygen atoms in total. The van der Waals surface area contributed by atoms with E-state index in [1.807, 2.05) is 42.5 Å². The number of hydrogen-bond acceptors (Lipinski definition) is 3. The van der Waals surface area contributed by atoms with Crippen molar-refractivity contribution in [2.75, 3.05) is 6.54 Å². The van der Waals surface area contributed by atoms with E-state index in [0.29, 0.717) is 11.5 Å². The SMILES string of the molecule is O=C(c1cc(-c2ccccc2)nc2ccncc12)N1CCc2ccccc2C1C1CCCC1. The van der Waals surface area contributed by atoms with Crippen LogP contribution in [0.3, 0.4) is 0 Å². The van der Waals surface area contributed by atoms with Crippen LogP contribution in [-0.2, 0) is 6.42 Å². The van der Waals surface area contributed by atoms with Crippen LogP contribution in [0.2, 0.25) is 0 Å². The van der Waals surface area contributed by atoms with Gasteiger partial charge in [-0.05, 0) is 48.4 Å². The van der Waals surface area contributed by atoms with Crippen LogP contribution >= 0.6 is 0 Å². The van der Waals surface area contributed by atoms with Crippen molar-refractivity contribution in [1.82, 2.24) is 14.9 Å². The van der Waals surface area contributed by atoms with Crippen LogP contribution in [0, 0.1) is 5.92 Å². The molecule has 1 unspecified atom stereocenters. The summed E-state index contributed by atoms with van der Waals surface area (Å²) < 4.78 is 0. The van der Waals surface area contributed by atoms with Gasteiger partial charge in [-0.2, -0.15) is 0 Å². The molecule has 2 aliphatic rings. The third-order valence-electron chi connectivity index (χ3n) is 7.35. The first-order valence-corrected chi connectivity index (χ1v) is 12.0. The lowest BCUT2D eigenvalue weighted by Crippen LogP contribution is -2.43. The number of nitrogens with zero attached hydrogens (tertiary/aromatic N) is 3. The summed E-state index contributed by atoms with van der Waals surface area (Å²) in [5, 5.41) is 0.825. The van der Waals surface area contributed by atoms with Gasteiger partial charge in [0.2, 0.25) is 0 Å². The molecular weight excluding hydrogens is 406 g/mol. The van der Waals surface area contributed by atoms with E-state index < -0.39 is 0 Å². The third-order valence-corrected chi connectivity index (χ3v) is 7.35. The van der Waals surface area contributed by atoms with Gasteiger partial charge < -0.3 is 4.90 Å². The molecule has 1 aliphatic heterocycles. The summed E-state index contributed by atoms with van der Waals surface area (Å²) in [6, 6.07) is 22.8. The molecule has 6 rings (SSSR count). The molecule has 3 heterocycles. The van der Waals surface area contributed by atoms with E-state index >= 15 is 0 Å². The Morgan fingerprint density at radius 3 is 2.58 bits per heavy atom. The predicted molar refractivity (Wildman–Crippen MR) is 131 cm³/mol. The van der Waals surface area contributed by atoms with E-state index in [1.165, 1.54) is 36.8 Å². The standard InChI is InChI=1S/C29H27N3O/c33-29(32-17-15-20-8-6-7-13-23(20)28(32)22-11-4-5-12-22)24-18-27(21-9-2-1-3-10-21)31-26-14-16-30-19-25(24)26/h1-3,6-10,13-14,16,18-19,22,28H,4-5,11-12,15,17H2. The highest BCUT2D eigenvalue weighted by Crippen LogP contribution is 2.43. The molecule has 0 N–H and O–H groups in total. The summed E-state index contributed by atoms with van der Waals surface area (Å²) >= 11 is 0. The first kappa shape index (κ1) is 20.1. The van der Waals surface area contributed by atoms with Crippen LogP contribution < -0.4 is 0 Å². The minimum absolute atomic E-state index is 0.0963. The summed E-state index contributed by atoms with van der Waals surface area (Å²) in [5.41, 5.74) is 6.08. The van der Waals surface area contributed by atoms with Gasteiger partial charge in [0.15, 0.2) is 0 Å². The van der Waals surface area contributed by atoms with E-state index in [-0.39, 0.29) is 11.9 Å². The lowest BCUT2D eigenvalue weighted by Gasteiger charge is -2.41. The number of carbonyl (C=O) groups excluding carboxylic acids is 1.